The van der Waals surface area contributed by atoms with Crippen LogP contribution in [-0.2, 0) is 4.79 Å². The molecule has 0 saturated heterocycles. The van der Waals surface area contributed by atoms with Crippen molar-refractivity contribution in [3.05, 3.63) is 29.8 Å². The lowest BCUT2D eigenvalue weighted by atomic mass is 9.86. The normalized spacial score (nSPS) is 21.2. The Morgan fingerprint density at radius 2 is 1.96 bits per heavy atom. The number of likely N-dealkylation sites (N-methyl/N-ethyl adjacent to an activating group) is 1. The van der Waals surface area contributed by atoms with Gasteiger partial charge in [0.05, 0.1) is 18.3 Å². The van der Waals surface area contributed by atoms with Gasteiger partial charge >= 0.3 is 0 Å². The molecule has 1 fully saturated rings. The third kappa shape index (κ3) is 5.15. The summed E-state index contributed by atoms with van der Waals surface area (Å²) in [6, 6.07) is 7.02. The zero-order valence-corrected chi connectivity index (χ0v) is 13.9. The molecule has 5 heteroatoms. The molecule has 0 radical (unpaired) electrons. The Kier molecular flexibility index (Phi) is 6.30. The van der Waals surface area contributed by atoms with Crippen LogP contribution in [0.2, 0.25) is 0 Å². The van der Waals surface area contributed by atoms with Gasteiger partial charge in [-0.3, -0.25) is 14.5 Å². The maximum absolute atomic E-state index is 12.2. The minimum Gasteiger partial charge on any atom is -0.393 e. The molecule has 1 saturated carbocycles. The van der Waals surface area contributed by atoms with Crippen LogP contribution >= 0.6 is 0 Å². The second-order valence-corrected chi connectivity index (χ2v) is 6.46. The zero-order valence-electron chi connectivity index (χ0n) is 13.9. The smallest absolute Gasteiger partial charge is 0.238 e. The van der Waals surface area contributed by atoms with Gasteiger partial charge in [-0.2, -0.15) is 0 Å². The minimum absolute atomic E-state index is 0.0698. The Balaban J connectivity index is 1.88. The average molecular weight is 318 g/mol. The number of amides is 1. The fourth-order valence-electron chi connectivity index (χ4n) is 3.20. The number of carbonyl (C=O) groups is 2. The van der Waals surface area contributed by atoms with E-state index in [9.17, 15) is 14.7 Å². The first-order valence-corrected chi connectivity index (χ1v) is 8.24. The first kappa shape index (κ1) is 17.6. The number of benzene rings is 1. The van der Waals surface area contributed by atoms with Crippen LogP contribution in [0, 0.1) is 5.92 Å². The molecule has 2 atom stereocenters. The summed E-state index contributed by atoms with van der Waals surface area (Å²) in [5, 5.41) is 12.8. The van der Waals surface area contributed by atoms with Crippen LogP contribution in [0.1, 0.15) is 43.0 Å². The Labute approximate surface area is 137 Å². The number of rotatable bonds is 6. The lowest BCUT2D eigenvalue weighted by molar-refractivity contribution is -0.117. The highest BCUT2D eigenvalue weighted by molar-refractivity contribution is 6.04. The van der Waals surface area contributed by atoms with E-state index in [0.717, 1.165) is 25.7 Å². The molecular formula is C18H26N2O3. The summed E-state index contributed by atoms with van der Waals surface area (Å²) >= 11 is 0. The number of hydrogen-bond donors (Lipinski definition) is 2. The van der Waals surface area contributed by atoms with Crippen molar-refractivity contribution in [2.24, 2.45) is 5.92 Å². The molecule has 1 aromatic carbocycles. The third-order valence-corrected chi connectivity index (χ3v) is 4.41. The number of nitrogens with zero attached hydrogens (tertiary/aromatic N) is 1. The van der Waals surface area contributed by atoms with Gasteiger partial charge in [-0.25, -0.2) is 0 Å². The van der Waals surface area contributed by atoms with Crippen LogP contribution in [0.15, 0.2) is 24.3 Å². The van der Waals surface area contributed by atoms with E-state index < -0.39 is 0 Å². The number of aliphatic hydroxyl groups is 1. The van der Waals surface area contributed by atoms with Crippen LogP contribution in [0.3, 0.4) is 0 Å². The molecule has 0 heterocycles. The fourth-order valence-corrected chi connectivity index (χ4v) is 3.20. The quantitative estimate of drug-likeness (QED) is 0.790. The van der Waals surface area contributed by atoms with Crippen molar-refractivity contribution in [1.82, 2.24) is 4.90 Å². The summed E-state index contributed by atoms with van der Waals surface area (Å²) in [6.45, 7) is 2.44. The molecule has 0 aliphatic heterocycles. The van der Waals surface area contributed by atoms with Gasteiger partial charge in [0.1, 0.15) is 0 Å². The fraction of sp³-hybridized carbons (Fsp3) is 0.556. The minimum atomic E-state index is -0.257. The van der Waals surface area contributed by atoms with E-state index in [2.05, 4.69) is 5.32 Å². The predicted octanol–water partition coefficient (Wildman–Crippen LogP) is 2.31. The molecule has 1 amide bonds. The standard InChI is InChI=1S/C18H26N2O3/c1-13(21)15-8-4-5-9-16(15)19-18(23)12-20(2)11-14-7-3-6-10-17(14)22/h4-5,8-9,14,17,22H,3,6-7,10-12H2,1-2H3,(H,19,23). The summed E-state index contributed by atoms with van der Waals surface area (Å²) in [6.07, 6.45) is 3.85. The van der Waals surface area contributed by atoms with Gasteiger partial charge in [0.15, 0.2) is 5.78 Å². The van der Waals surface area contributed by atoms with Crippen LogP contribution in [0.5, 0.6) is 0 Å². The van der Waals surface area contributed by atoms with Crippen molar-refractivity contribution in [2.75, 3.05) is 25.5 Å². The van der Waals surface area contributed by atoms with Gasteiger partial charge < -0.3 is 10.4 Å². The second kappa shape index (κ2) is 8.22. The van der Waals surface area contributed by atoms with Crippen molar-refractivity contribution in [3.63, 3.8) is 0 Å². The number of ketones is 1. The number of aliphatic hydroxyl groups excluding tert-OH is 1. The van der Waals surface area contributed by atoms with Crippen molar-refractivity contribution in [2.45, 2.75) is 38.7 Å². The van der Waals surface area contributed by atoms with Gasteiger partial charge in [0.25, 0.3) is 0 Å². The molecule has 5 nitrogen and oxygen atoms in total. The van der Waals surface area contributed by atoms with Gasteiger partial charge in [-0.1, -0.05) is 25.0 Å². The molecule has 0 bridgehead atoms. The molecule has 23 heavy (non-hydrogen) atoms. The van der Waals surface area contributed by atoms with Crippen molar-refractivity contribution >= 4 is 17.4 Å². The Bertz CT molecular complexity index is 559. The lowest BCUT2D eigenvalue weighted by Crippen LogP contribution is -2.38. The average Bonchev–Trinajstić information content (AvgIpc) is 2.49. The monoisotopic (exact) mass is 318 g/mol. The van der Waals surface area contributed by atoms with E-state index in [1.54, 1.807) is 24.3 Å². The number of anilines is 1. The number of carbonyl (C=O) groups excluding carboxylic acids is 2. The van der Waals surface area contributed by atoms with E-state index in [1.165, 1.54) is 6.92 Å². The topological polar surface area (TPSA) is 69.6 Å². The Morgan fingerprint density at radius 3 is 2.65 bits per heavy atom. The lowest BCUT2D eigenvalue weighted by Gasteiger charge is -2.31. The molecule has 2 N–H and O–H groups in total. The molecular weight excluding hydrogens is 292 g/mol. The summed E-state index contributed by atoms with van der Waals surface area (Å²) in [7, 11) is 1.89. The highest BCUT2D eigenvalue weighted by atomic mass is 16.3. The number of hydrogen-bond acceptors (Lipinski definition) is 4. The van der Waals surface area contributed by atoms with Gasteiger partial charge in [-0.15, -0.1) is 0 Å². The number of Topliss-reactive ketones (excluding diaryl/α,β-unsaturated/α-hetero) is 1. The Hall–Kier alpha value is -1.72. The number of nitrogens with one attached hydrogen (secondary N) is 1. The third-order valence-electron chi connectivity index (χ3n) is 4.41. The van der Waals surface area contributed by atoms with E-state index >= 15 is 0 Å². The van der Waals surface area contributed by atoms with Crippen molar-refractivity contribution < 1.29 is 14.7 Å². The maximum atomic E-state index is 12.2. The van der Waals surface area contributed by atoms with Crippen LogP contribution in [0.4, 0.5) is 5.69 Å². The van der Waals surface area contributed by atoms with Gasteiger partial charge in [0, 0.05) is 12.1 Å². The summed E-state index contributed by atoms with van der Waals surface area (Å²) in [5.41, 5.74) is 1.07. The molecule has 0 aromatic heterocycles. The first-order valence-electron chi connectivity index (χ1n) is 8.24. The van der Waals surface area contributed by atoms with Crippen molar-refractivity contribution in [1.29, 1.82) is 0 Å². The zero-order chi connectivity index (χ0) is 16.8. The van der Waals surface area contributed by atoms with E-state index in [4.69, 9.17) is 0 Å². The molecule has 126 valence electrons. The summed E-state index contributed by atoms with van der Waals surface area (Å²) in [4.78, 5) is 25.7. The SMILES string of the molecule is CC(=O)c1ccccc1NC(=O)CN(C)CC1CCCCC1O. The van der Waals surface area contributed by atoms with E-state index in [1.807, 2.05) is 11.9 Å². The summed E-state index contributed by atoms with van der Waals surface area (Å²) in [5.74, 6) is 0.0251. The number of para-hydroxylation sites is 1. The summed E-state index contributed by atoms with van der Waals surface area (Å²) < 4.78 is 0. The van der Waals surface area contributed by atoms with Crippen molar-refractivity contribution in [3.8, 4) is 0 Å². The largest absolute Gasteiger partial charge is 0.393 e. The maximum Gasteiger partial charge on any atom is 0.238 e. The van der Waals surface area contributed by atoms with E-state index in [0.29, 0.717) is 17.8 Å². The van der Waals surface area contributed by atoms with Gasteiger partial charge in [0.2, 0.25) is 5.91 Å². The Morgan fingerprint density at radius 1 is 1.26 bits per heavy atom. The highest BCUT2D eigenvalue weighted by Gasteiger charge is 2.24. The van der Waals surface area contributed by atoms with Crippen LogP contribution in [0.25, 0.3) is 0 Å². The molecule has 1 aromatic rings. The predicted molar refractivity (Wildman–Crippen MR) is 90.5 cm³/mol. The van der Waals surface area contributed by atoms with Gasteiger partial charge in [-0.05, 0) is 44.9 Å². The highest BCUT2D eigenvalue weighted by Crippen LogP contribution is 2.24. The first-order chi connectivity index (χ1) is 11.0. The molecule has 1 aliphatic carbocycles. The van der Waals surface area contributed by atoms with Crippen LogP contribution in [-0.4, -0.2) is 47.9 Å². The molecule has 1 aliphatic rings. The molecule has 0 spiro atoms. The molecule has 2 unspecified atom stereocenters. The van der Waals surface area contributed by atoms with E-state index in [-0.39, 0.29) is 30.3 Å². The van der Waals surface area contributed by atoms with Crippen LogP contribution < -0.4 is 5.32 Å². The molecule has 2 rings (SSSR count). The second-order valence-electron chi connectivity index (χ2n) is 6.46.